The number of esters is 1. The average molecular weight is 516 g/mol. The Balaban J connectivity index is 1.61. The van der Waals surface area contributed by atoms with Gasteiger partial charge in [-0.3, -0.25) is 9.36 Å². The molecule has 0 radical (unpaired) electrons. The Morgan fingerprint density at radius 2 is 2.00 bits per heavy atom. The van der Waals surface area contributed by atoms with Crippen LogP contribution >= 0.6 is 0 Å². The van der Waals surface area contributed by atoms with Gasteiger partial charge in [-0.15, -0.1) is 5.10 Å². The highest BCUT2D eigenvalue weighted by molar-refractivity contribution is 7.89. The number of rotatable bonds is 4. The van der Waals surface area contributed by atoms with Crippen LogP contribution in [0.4, 0.5) is 21.8 Å². The van der Waals surface area contributed by atoms with Crippen molar-refractivity contribution in [3.8, 4) is 0 Å². The first-order valence-corrected chi connectivity index (χ1v) is 13.2. The third-order valence-electron chi connectivity index (χ3n) is 6.54. The summed E-state index contributed by atoms with van der Waals surface area (Å²) in [6.45, 7) is 3.86. The first kappa shape index (κ1) is 24.1. The van der Waals surface area contributed by atoms with Gasteiger partial charge in [0.15, 0.2) is 0 Å². The molecule has 2 aromatic heterocycles. The Morgan fingerprint density at radius 3 is 2.64 bits per heavy atom. The minimum absolute atomic E-state index is 0.191. The molecule has 0 unspecified atom stereocenters. The molecule has 1 aliphatic carbocycles. The first-order chi connectivity index (χ1) is 17.1. The molecule has 36 heavy (non-hydrogen) atoms. The van der Waals surface area contributed by atoms with Gasteiger partial charge in [-0.05, 0) is 44.0 Å². The summed E-state index contributed by atoms with van der Waals surface area (Å²) in [6.07, 6.45) is 6.08. The number of ether oxygens (including phenoxy) is 1. The third kappa shape index (κ3) is 4.07. The van der Waals surface area contributed by atoms with E-state index in [1.165, 1.54) is 13.0 Å². The monoisotopic (exact) mass is 515 g/mol. The maximum absolute atomic E-state index is 14.3. The molecule has 1 aromatic carbocycles. The molecule has 0 bridgehead atoms. The predicted molar refractivity (Wildman–Crippen MR) is 132 cm³/mol. The standard InChI is InChI=1S/C23H26FN7O4S/c1-3-30-19-11-15-13-26-22(27-16-7-8-18(17(24)12-16)36(25,33)34)28-20(15)31(19)23(9-5-4-6-10-23)21(29-30)35-14(2)32/h7-8,11-13H,3-6,9-10H2,1-2H3,(H2,25,33,34)(H,26,27,28). The minimum Gasteiger partial charge on any atom is -0.407 e. The number of nitrogens with one attached hydrogen (secondary N) is 1. The van der Waals surface area contributed by atoms with E-state index < -0.39 is 32.2 Å². The lowest BCUT2D eigenvalue weighted by atomic mass is 9.80. The Morgan fingerprint density at radius 1 is 1.25 bits per heavy atom. The fraction of sp³-hybridized carbons (Fsp3) is 0.391. The summed E-state index contributed by atoms with van der Waals surface area (Å²) in [7, 11) is -4.18. The van der Waals surface area contributed by atoms with E-state index in [-0.39, 0.29) is 11.6 Å². The largest absolute Gasteiger partial charge is 0.407 e. The summed E-state index contributed by atoms with van der Waals surface area (Å²) in [5, 5.41) is 15.2. The molecule has 3 N–H and O–H groups in total. The van der Waals surface area contributed by atoms with Crippen LogP contribution in [0, 0.1) is 5.82 Å². The van der Waals surface area contributed by atoms with Gasteiger partial charge in [-0.1, -0.05) is 19.3 Å². The lowest BCUT2D eigenvalue weighted by molar-refractivity contribution is -0.133. The summed E-state index contributed by atoms with van der Waals surface area (Å²) in [5.74, 6) is -0.0467. The number of aromatic nitrogens is 3. The number of carbonyl (C=O) groups is 1. The number of primary sulfonamides is 1. The zero-order valence-corrected chi connectivity index (χ0v) is 20.7. The van der Waals surface area contributed by atoms with E-state index in [1.54, 1.807) is 11.2 Å². The fourth-order valence-corrected chi connectivity index (χ4v) is 5.58. The van der Waals surface area contributed by atoms with Gasteiger partial charge < -0.3 is 10.1 Å². The van der Waals surface area contributed by atoms with Gasteiger partial charge in [0, 0.05) is 30.7 Å². The van der Waals surface area contributed by atoms with Gasteiger partial charge in [0.05, 0.1) is 0 Å². The van der Waals surface area contributed by atoms with Crippen molar-refractivity contribution in [2.75, 3.05) is 16.9 Å². The van der Waals surface area contributed by atoms with E-state index in [9.17, 15) is 17.6 Å². The number of sulfonamides is 1. The molecule has 1 aliphatic heterocycles. The molecule has 0 saturated heterocycles. The number of benzene rings is 1. The maximum Gasteiger partial charge on any atom is 0.309 e. The molecule has 2 aliphatic rings. The van der Waals surface area contributed by atoms with Crippen LogP contribution in [0.15, 0.2) is 40.5 Å². The van der Waals surface area contributed by atoms with Crippen LogP contribution in [0.1, 0.15) is 46.0 Å². The normalized spacial score (nSPS) is 17.1. The molecule has 13 heteroatoms. The number of nitrogens with two attached hydrogens (primary N) is 1. The van der Waals surface area contributed by atoms with E-state index in [1.807, 2.05) is 13.0 Å². The second kappa shape index (κ2) is 8.82. The van der Waals surface area contributed by atoms with Crippen LogP contribution in [0.2, 0.25) is 0 Å². The topological polar surface area (TPSA) is 145 Å². The quantitative estimate of drug-likeness (QED) is 0.503. The molecule has 3 heterocycles. The van der Waals surface area contributed by atoms with E-state index in [2.05, 4.69) is 14.9 Å². The van der Waals surface area contributed by atoms with Crippen LogP contribution in [-0.2, 0) is 25.1 Å². The number of anilines is 3. The highest BCUT2D eigenvalue weighted by Gasteiger charge is 2.47. The average Bonchev–Trinajstić information content (AvgIpc) is 3.20. The Labute approximate surface area is 207 Å². The van der Waals surface area contributed by atoms with E-state index in [0.29, 0.717) is 18.1 Å². The minimum atomic E-state index is -4.18. The highest BCUT2D eigenvalue weighted by atomic mass is 32.2. The fourth-order valence-electron chi connectivity index (χ4n) is 4.99. The number of carbonyl (C=O) groups excluding carboxylic acids is 1. The van der Waals surface area contributed by atoms with Crippen molar-refractivity contribution in [3.05, 3.63) is 36.3 Å². The zero-order chi connectivity index (χ0) is 25.7. The van der Waals surface area contributed by atoms with Gasteiger partial charge in [0.1, 0.15) is 27.7 Å². The van der Waals surface area contributed by atoms with Crippen LogP contribution < -0.4 is 15.5 Å². The van der Waals surface area contributed by atoms with Crippen LogP contribution in [0.25, 0.3) is 11.0 Å². The van der Waals surface area contributed by atoms with Crippen molar-refractivity contribution in [1.29, 1.82) is 0 Å². The van der Waals surface area contributed by atoms with Crippen molar-refractivity contribution in [1.82, 2.24) is 14.5 Å². The summed E-state index contributed by atoms with van der Waals surface area (Å²) < 4.78 is 45.1. The van der Waals surface area contributed by atoms with Gasteiger partial charge in [0.2, 0.25) is 21.9 Å². The lowest BCUT2D eigenvalue weighted by Gasteiger charge is -2.43. The van der Waals surface area contributed by atoms with Crippen molar-refractivity contribution in [2.45, 2.75) is 56.4 Å². The number of hydrogen-bond acceptors (Lipinski definition) is 9. The van der Waals surface area contributed by atoms with Crippen LogP contribution in [-0.4, -0.2) is 41.4 Å². The Hall–Kier alpha value is -3.58. The van der Waals surface area contributed by atoms with E-state index in [0.717, 1.165) is 55.4 Å². The Kier molecular flexibility index (Phi) is 5.91. The van der Waals surface area contributed by atoms with Gasteiger partial charge in [0.25, 0.3) is 0 Å². The molecule has 1 saturated carbocycles. The summed E-state index contributed by atoms with van der Waals surface area (Å²) in [4.78, 5) is 20.5. The molecule has 0 amide bonds. The molecule has 1 spiro atoms. The molecule has 11 nitrogen and oxygen atoms in total. The summed E-state index contributed by atoms with van der Waals surface area (Å²) in [5.41, 5.74) is 0.208. The predicted octanol–water partition coefficient (Wildman–Crippen LogP) is 3.34. The highest BCUT2D eigenvalue weighted by Crippen LogP contribution is 2.45. The zero-order valence-electron chi connectivity index (χ0n) is 19.9. The third-order valence-corrected chi connectivity index (χ3v) is 7.48. The number of hydrazone groups is 1. The molecule has 1 fully saturated rings. The second-order valence-electron chi connectivity index (χ2n) is 8.93. The van der Waals surface area contributed by atoms with Crippen molar-refractivity contribution in [2.24, 2.45) is 10.2 Å². The number of hydrogen-bond donors (Lipinski definition) is 2. The molecular weight excluding hydrogens is 489 g/mol. The van der Waals surface area contributed by atoms with E-state index >= 15 is 0 Å². The molecule has 5 rings (SSSR count). The van der Waals surface area contributed by atoms with Gasteiger partial charge >= 0.3 is 5.97 Å². The van der Waals surface area contributed by atoms with Gasteiger partial charge in [-0.25, -0.2) is 27.9 Å². The smallest absolute Gasteiger partial charge is 0.309 e. The van der Waals surface area contributed by atoms with Crippen LogP contribution in [0.3, 0.4) is 0 Å². The first-order valence-electron chi connectivity index (χ1n) is 11.7. The van der Waals surface area contributed by atoms with Crippen LogP contribution in [0.5, 0.6) is 0 Å². The van der Waals surface area contributed by atoms with Crippen molar-refractivity contribution in [3.63, 3.8) is 0 Å². The maximum atomic E-state index is 14.3. The number of fused-ring (bicyclic) bond motifs is 4. The van der Waals surface area contributed by atoms with Crippen molar-refractivity contribution < 1.29 is 22.3 Å². The summed E-state index contributed by atoms with van der Waals surface area (Å²) in [6, 6.07) is 5.45. The van der Waals surface area contributed by atoms with E-state index in [4.69, 9.17) is 20.0 Å². The lowest BCUT2D eigenvalue weighted by Crippen LogP contribution is -2.50. The molecule has 0 atom stereocenters. The summed E-state index contributed by atoms with van der Waals surface area (Å²) >= 11 is 0. The number of nitrogens with zero attached hydrogens (tertiary/aromatic N) is 5. The SMILES string of the molecule is CCN1N=C(OC(C)=O)C2(CCCCC2)n2c1cc1cnc(Nc3ccc(S(N)(=O)=O)c(F)c3)nc12. The molecular formula is C23H26FN7O4S. The molecule has 3 aromatic rings. The number of halogens is 1. The molecule has 190 valence electrons. The second-order valence-corrected chi connectivity index (χ2v) is 10.5. The van der Waals surface area contributed by atoms with Gasteiger partial charge in [-0.2, -0.15) is 4.98 Å². The van der Waals surface area contributed by atoms with Crippen molar-refractivity contribution >= 4 is 50.4 Å². The Bertz CT molecular complexity index is 1500.